The Hall–Kier alpha value is -2.76. The third kappa shape index (κ3) is 2.01. The van der Waals surface area contributed by atoms with E-state index in [0.717, 1.165) is 6.20 Å². The van der Waals surface area contributed by atoms with Crippen molar-refractivity contribution >= 4 is 5.88 Å². The third-order valence-corrected chi connectivity index (χ3v) is 2.88. The minimum Gasteiger partial charge on any atom is -0.367 e. The zero-order valence-electron chi connectivity index (χ0n) is 10.2. The van der Waals surface area contributed by atoms with E-state index in [0.29, 0.717) is 11.1 Å². The van der Waals surface area contributed by atoms with Gasteiger partial charge in [0.05, 0.1) is 11.8 Å². The second-order valence-electron chi connectivity index (χ2n) is 4.13. The smallest absolute Gasteiger partial charge is 0.230 e. The first kappa shape index (κ1) is 12.3. The average molecular weight is 273 g/mol. The number of nitrogens with zero attached hydrogens (tertiary/aromatic N) is 2. The zero-order valence-corrected chi connectivity index (χ0v) is 10.2. The molecule has 0 atom stereocenters. The van der Waals surface area contributed by atoms with Crippen molar-refractivity contribution in [3.63, 3.8) is 0 Å². The number of nitrogen functional groups attached to an aromatic ring is 1. The molecule has 20 heavy (non-hydrogen) atoms. The van der Waals surface area contributed by atoms with Crippen LogP contribution in [0.4, 0.5) is 14.7 Å². The second kappa shape index (κ2) is 4.73. The van der Waals surface area contributed by atoms with Crippen LogP contribution >= 0.6 is 0 Å². The summed E-state index contributed by atoms with van der Waals surface area (Å²) >= 11 is 0. The van der Waals surface area contributed by atoms with Gasteiger partial charge in [0.1, 0.15) is 11.5 Å². The van der Waals surface area contributed by atoms with Crippen molar-refractivity contribution in [1.29, 1.82) is 0 Å². The Morgan fingerprint density at radius 2 is 1.80 bits per heavy atom. The van der Waals surface area contributed by atoms with Crippen LogP contribution in [0.1, 0.15) is 0 Å². The Labute approximate surface area is 112 Å². The quantitative estimate of drug-likeness (QED) is 0.778. The Bertz CT molecular complexity index is 753. The van der Waals surface area contributed by atoms with Gasteiger partial charge in [0.25, 0.3) is 0 Å². The predicted molar refractivity (Wildman–Crippen MR) is 69.5 cm³/mol. The van der Waals surface area contributed by atoms with Crippen molar-refractivity contribution in [2.45, 2.75) is 0 Å². The van der Waals surface area contributed by atoms with Gasteiger partial charge < -0.3 is 10.3 Å². The third-order valence-electron chi connectivity index (χ3n) is 2.88. The normalized spacial score (nSPS) is 10.7. The maximum atomic E-state index is 13.8. The van der Waals surface area contributed by atoms with Gasteiger partial charge >= 0.3 is 0 Å². The molecule has 2 aromatic heterocycles. The molecular formula is C14H9F2N3O. The zero-order chi connectivity index (χ0) is 14.1. The Kier molecular flexibility index (Phi) is 2.90. The van der Waals surface area contributed by atoms with Crippen LogP contribution in [0.15, 0.2) is 47.2 Å². The highest BCUT2D eigenvalue weighted by atomic mass is 19.1. The van der Waals surface area contributed by atoms with E-state index < -0.39 is 5.82 Å². The van der Waals surface area contributed by atoms with E-state index in [9.17, 15) is 8.78 Å². The SMILES string of the molecule is Nc1onc(-c2ccncc2F)c1-c1ccc(F)cc1. The molecule has 0 amide bonds. The number of halogens is 2. The Balaban J connectivity index is 2.20. The molecule has 3 rings (SSSR count). The molecule has 2 N–H and O–H groups in total. The fraction of sp³-hybridized carbons (Fsp3) is 0. The van der Waals surface area contributed by atoms with Crippen LogP contribution < -0.4 is 5.73 Å². The van der Waals surface area contributed by atoms with E-state index in [1.807, 2.05) is 0 Å². The van der Waals surface area contributed by atoms with Crippen LogP contribution in [-0.2, 0) is 0 Å². The first-order valence-electron chi connectivity index (χ1n) is 5.78. The van der Waals surface area contributed by atoms with Crippen LogP contribution in [0.2, 0.25) is 0 Å². The van der Waals surface area contributed by atoms with Crippen molar-refractivity contribution in [2.24, 2.45) is 0 Å². The van der Waals surface area contributed by atoms with E-state index in [4.69, 9.17) is 10.3 Å². The van der Waals surface area contributed by atoms with E-state index in [1.165, 1.54) is 36.5 Å². The number of aromatic nitrogens is 2. The molecule has 0 fully saturated rings. The maximum absolute atomic E-state index is 13.8. The lowest BCUT2D eigenvalue weighted by Crippen LogP contribution is -1.91. The van der Waals surface area contributed by atoms with Crippen molar-refractivity contribution < 1.29 is 13.3 Å². The summed E-state index contributed by atoms with van der Waals surface area (Å²) in [6.45, 7) is 0. The van der Waals surface area contributed by atoms with E-state index in [1.54, 1.807) is 0 Å². The number of benzene rings is 1. The number of nitrogens with two attached hydrogens (primary N) is 1. The Morgan fingerprint density at radius 3 is 2.50 bits per heavy atom. The summed E-state index contributed by atoms with van der Waals surface area (Å²) in [4.78, 5) is 3.68. The van der Waals surface area contributed by atoms with Crippen LogP contribution in [0, 0.1) is 11.6 Å². The monoisotopic (exact) mass is 273 g/mol. The lowest BCUT2D eigenvalue weighted by atomic mass is 10.0. The highest BCUT2D eigenvalue weighted by Gasteiger charge is 2.19. The summed E-state index contributed by atoms with van der Waals surface area (Å²) in [5, 5.41) is 3.78. The molecule has 3 aromatic rings. The standard InChI is InChI=1S/C14H9F2N3O/c15-9-3-1-8(2-4-9)12-13(19-20-14(12)17)10-5-6-18-7-11(10)16/h1-7H,17H2. The van der Waals surface area contributed by atoms with Crippen molar-refractivity contribution in [3.8, 4) is 22.4 Å². The summed E-state index contributed by atoms with van der Waals surface area (Å²) in [5.74, 6) is -0.868. The van der Waals surface area contributed by atoms with Gasteiger partial charge in [0.2, 0.25) is 5.88 Å². The van der Waals surface area contributed by atoms with Gasteiger partial charge in [-0.25, -0.2) is 8.78 Å². The number of hydrogen-bond acceptors (Lipinski definition) is 4. The lowest BCUT2D eigenvalue weighted by molar-refractivity contribution is 0.439. The van der Waals surface area contributed by atoms with E-state index in [-0.39, 0.29) is 23.0 Å². The second-order valence-corrected chi connectivity index (χ2v) is 4.13. The topological polar surface area (TPSA) is 64.9 Å². The minimum absolute atomic E-state index is 0.0443. The lowest BCUT2D eigenvalue weighted by Gasteiger charge is -2.03. The van der Waals surface area contributed by atoms with Crippen LogP contribution in [0.3, 0.4) is 0 Å². The summed E-state index contributed by atoms with van der Waals surface area (Å²) in [6.07, 6.45) is 2.52. The summed E-state index contributed by atoms with van der Waals surface area (Å²) < 4.78 is 31.7. The molecule has 0 radical (unpaired) electrons. The minimum atomic E-state index is -0.538. The molecule has 0 unspecified atom stereocenters. The summed E-state index contributed by atoms with van der Waals surface area (Å²) in [7, 11) is 0. The molecule has 4 nitrogen and oxygen atoms in total. The van der Waals surface area contributed by atoms with Crippen molar-refractivity contribution in [3.05, 3.63) is 54.4 Å². The highest BCUT2D eigenvalue weighted by molar-refractivity contribution is 5.86. The van der Waals surface area contributed by atoms with Gasteiger partial charge in [0, 0.05) is 11.8 Å². The molecule has 0 spiro atoms. The van der Waals surface area contributed by atoms with Crippen molar-refractivity contribution in [2.75, 3.05) is 5.73 Å². The molecule has 0 saturated heterocycles. The number of anilines is 1. The van der Waals surface area contributed by atoms with Gasteiger partial charge in [-0.1, -0.05) is 17.3 Å². The van der Waals surface area contributed by atoms with Gasteiger partial charge in [-0.2, -0.15) is 0 Å². The molecular weight excluding hydrogens is 264 g/mol. The summed E-state index contributed by atoms with van der Waals surface area (Å²) in [6, 6.07) is 7.10. The van der Waals surface area contributed by atoms with Crippen LogP contribution in [-0.4, -0.2) is 10.1 Å². The highest BCUT2D eigenvalue weighted by Crippen LogP contribution is 2.36. The average Bonchev–Trinajstić information content (AvgIpc) is 2.82. The molecule has 100 valence electrons. The number of pyridine rings is 1. The van der Waals surface area contributed by atoms with E-state index in [2.05, 4.69) is 10.1 Å². The first-order chi connectivity index (χ1) is 9.66. The molecule has 1 aromatic carbocycles. The van der Waals surface area contributed by atoms with Crippen LogP contribution in [0.5, 0.6) is 0 Å². The fourth-order valence-corrected chi connectivity index (χ4v) is 1.95. The predicted octanol–water partition coefficient (Wildman–Crippen LogP) is 3.26. The van der Waals surface area contributed by atoms with Gasteiger partial charge in [-0.15, -0.1) is 0 Å². The maximum Gasteiger partial charge on any atom is 0.230 e. The van der Waals surface area contributed by atoms with Gasteiger partial charge in [-0.05, 0) is 23.8 Å². The number of hydrogen-bond donors (Lipinski definition) is 1. The molecule has 0 saturated carbocycles. The molecule has 0 aliphatic rings. The fourth-order valence-electron chi connectivity index (χ4n) is 1.95. The molecule has 0 aliphatic heterocycles. The van der Waals surface area contributed by atoms with Gasteiger partial charge in [0.15, 0.2) is 5.82 Å². The largest absolute Gasteiger partial charge is 0.367 e. The number of rotatable bonds is 2. The van der Waals surface area contributed by atoms with Crippen molar-refractivity contribution in [1.82, 2.24) is 10.1 Å². The Morgan fingerprint density at radius 1 is 1.05 bits per heavy atom. The molecule has 2 heterocycles. The van der Waals surface area contributed by atoms with Crippen LogP contribution in [0.25, 0.3) is 22.4 Å². The summed E-state index contributed by atoms with van der Waals surface area (Å²) in [5.41, 5.74) is 7.24. The van der Waals surface area contributed by atoms with E-state index >= 15 is 0 Å². The molecule has 6 heteroatoms. The molecule has 0 bridgehead atoms. The first-order valence-corrected chi connectivity index (χ1v) is 5.78. The van der Waals surface area contributed by atoms with Gasteiger partial charge in [-0.3, -0.25) is 4.98 Å². The molecule has 0 aliphatic carbocycles.